The molecule has 2 unspecified atom stereocenters. The van der Waals surface area contributed by atoms with Crippen LogP contribution < -0.4 is 4.74 Å². The molecule has 5 heterocycles. The number of fused-ring (bicyclic) bond motifs is 5. The summed E-state index contributed by atoms with van der Waals surface area (Å²) in [7, 11) is 0. The summed E-state index contributed by atoms with van der Waals surface area (Å²) in [5.41, 5.74) is 4.30. The molecule has 8 nitrogen and oxygen atoms in total. The van der Waals surface area contributed by atoms with E-state index in [0.29, 0.717) is 48.0 Å². The molecule has 3 aliphatic rings. The minimum atomic E-state index is -0.434. The molecule has 2 bridgehead atoms. The van der Waals surface area contributed by atoms with Crippen molar-refractivity contribution in [3.8, 4) is 5.75 Å². The highest BCUT2D eigenvalue weighted by molar-refractivity contribution is 6.31. The molecular formula is C26H29ClFN5O3. The van der Waals surface area contributed by atoms with Gasteiger partial charge in [-0.3, -0.25) is 9.69 Å². The Morgan fingerprint density at radius 1 is 1.22 bits per heavy atom. The number of aryl methyl sites for hydroxylation is 2. The second kappa shape index (κ2) is 8.97. The monoisotopic (exact) mass is 513 g/mol. The molecule has 2 atom stereocenters. The lowest BCUT2D eigenvalue weighted by atomic mass is 9.99. The van der Waals surface area contributed by atoms with E-state index in [9.17, 15) is 14.3 Å². The quantitative estimate of drug-likeness (QED) is 0.560. The molecule has 10 heteroatoms. The Hall–Kier alpha value is -2.75. The molecule has 36 heavy (non-hydrogen) atoms. The summed E-state index contributed by atoms with van der Waals surface area (Å²) in [4.78, 5) is 22.3. The summed E-state index contributed by atoms with van der Waals surface area (Å²) in [6, 6.07) is 4.84. The van der Waals surface area contributed by atoms with Gasteiger partial charge in [-0.05, 0) is 51.7 Å². The Morgan fingerprint density at radius 3 is 2.69 bits per heavy atom. The molecule has 2 aromatic heterocycles. The number of hydrogen-bond donors (Lipinski definition) is 1. The Morgan fingerprint density at radius 2 is 1.97 bits per heavy atom. The molecule has 3 aliphatic heterocycles. The summed E-state index contributed by atoms with van der Waals surface area (Å²) >= 11 is 6.35. The number of ether oxygens (including phenoxy) is 1. The fourth-order valence-electron chi connectivity index (χ4n) is 6.18. The fraction of sp³-hybridized carbons (Fsp3) is 0.500. The minimum Gasteiger partial charge on any atom is -0.489 e. The number of rotatable bonds is 5. The van der Waals surface area contributed by atoms with Crippen LogP contribution in [0.4, 0.5) is 4.39 Å². The average molecular weight is 514 g/mol. The van der Waals surface area contributed by atoms with Gasteiger partial charge in [-0.2, -0.15) is 5.10 Å². The predicted octanol–water partition coefficient (Wildman–Crippen LogP) is 3.66. The normalized spacial score (nSPS) is 23.5. The first-order valence-corrected chi connectivity index (χ1v) is 12.9. The van der Waals surface area contributed by atoms with Gasteiger partial charge in [0.25, 0.3) is 5.91 Å². The molecule has 0 aliphatic carbocycles. The first kappa shape index (κ1) is 23.6. The number of aromatic nitrogens is 3. The van der Waals surface area contributed by atoms with Gasteiger partial charge in [-0.1, -0.05) is 11.6 Å². The van der Waals surface area contributed by atoms with E-state index in [-0.39, 0.29) is 24.4 Å². The van der Waals surface area contributed by atoms with Crippen LogP contribution in [0.15, 0.2) is 18.2 Å². The van der Waals surface area contributed by atoms with Crippen LogP contribution in [0.3, 0.4) is 0 Å². The van der Waals surface area contributed by atoms with Crippen LogP contribution in [0, 0.1) is 19.7 Å². The van der Waals surface area contributed by atoms with Crippen LogP contribution in [0.5, 0.6) is 5.75 Å². The van der Waals surface area contributed by atoms with Crippen LogP contribution in [0.1, 0.15) is 58.7 Å². The zero-order chi connectivity index (χ0) is 25.1. The van der Waals surface area contributed by atoms with Gasteiger partial charge in [-0.25, -0.2) is 13.9 Å². The Bertz CT molecular complexity index is 1350. The number of piperidine rings is 1. The highest BCUT2D eigenvalue weighted by Gasteiger charge is 2.41. The third-order valence-electron chi connectivity index (χ3n) is 7.91. The maximum absolute atomic E-state index is 14.2. The summed E-state index contributed by atoms with van der Waals surface area (Å²) in [6.45, 7) is 5.28. The second-order valence-corrected chi connectivity index (χ2v) is 10.5. The highest BCUT2D eigenvalue weighted by atomic mass is 35.5. The third-order valence-corrected chi connectivity index (χ3v) is 8.46. The van der Waals surface area contributed by atoms with Crippen molar-refractivity contribution in [2.24, 2.45) is 0 Å². The summed E-state index contributed by atoms with van der Waals surface area (Å²) in [5.74, 6) is -0.365. The van der Waals surface area contributed by atoms with Crippen LogP contribution in [0.25, 0.3) is 5.65 Å². The Labute approximate surface area is 213 Å². The van der Waals surface area contributed by atoms with E-state index >= 15 is 0 Å². The number of nitrogens with zero attached hydrogens (tertiary/aromatic N) is 5. The molecule has 1 N–H and O–H groups in total. The number of halogens is 2. The van der Waals surface area contributed by atoms with Gasteiger partial charge >= 0.3 is 0 Å². The van der Waals surface area contributed by atoms with Gasteiger partial charge in [0.15, 0.2) is 5.65 Å². The van der Waals surface area contributed by atoms with E-state index < -0.39 is 5.82 Å². The zero-order valence-corrected chi connectivity index (χ0v) is 21.1. The lowest BCUT2D eigenvalue weighted by Crippen LogP contribution is -2.47. The van der Waals surface area contributed by atoms with E-state index in [1.165, 1.54) is 18.2 Å². The zero-order valence-electron chi connectivity index (χ0n) is 20.4. The summed E-state index contributed by atoms with van der Waals surface area (Å²) in [5, 5.41) is 14.6. The highest BCUT2D eigenvalue weighted by Crippen LogP contribution is 2.38. The van der Waals surface area contributed by atoms with Gasteiger partial charge in [0.2, 0.25) is 0 Å². The van der Waals surface area contributed by atoms with E-state index in [4.69, 9.17) is 16.3 Å². The first-order valence-electron chi connectivity index (χ1n) is 12.5. The van der Waals surface area contributed by atoms with Crippen molar-refractivity contribution in [3.05, 3.63) is 57.2 Å². The van der Waals surface area contributed by atoms with Crippen molar-refractivity contribution in [2.45, 2.75) is 70.8 Å². The molecule has 0 saturated carbocycles. The van der Waals surface area contributed by atoms with Gasteiger partial charge in [0.1, 0.15) is 17.7 Å². The third kappa shape index (κ3) is 3.84. The first-order chi connectivity index (χ1) is 17.3. The van der Waals surface area contributed by atoms with Crippen molar-refractivity contribution in [2.75, 3.05) is 13.2 Å². The van der Waals surface area contributed by atoms with Crippen LogP contribution in [-0.2, 0) is 13.1 Å². The molecule has 6 rings (SSSR count). The lowest BCUT2D eigenvalue weighted by molar-refractivity contribution is 0.0380. The van der Waals surface area contributed by atoms with Crippen LogP contribution >= 0.6 is 11.6 Å². The maximum atomic E-state index is 14.2. The van der Waals surface area contributed by atoms with Crippen molar-refractivity contribution < 1.29 is 19.0 Å². The number of aliphatic hydroxyl groups is 1. The molecule has 1 amide bonds. The number of benzene rings is 1. The van der Waals surface area contributed by atoms with E-state index in [1.807, 2.05) is 13.8 Å². The number of aliphatic hydroxyl groups excluding tert-OH is 1. The van der Waals surface area contributed by atoms with Gasteiger partial charge in [0, 0.05) is 30.3 Å². The number of carbonyl (C=O) groups is 1. The number of hydrogen-bond acceptors (Lipinski definition) is 6. The van der Waals surface area contributed by atoms with E-state index in [1.54, 1.807) is 9.42 Å². The standard InChI is InChI=1S/C26H29ClFN5O3/c1-14-24(27)15(2)33-25(29-14)21-12-31(13-22(21)30-33)26(35)20-6-3-16(28)9-23(20)36-19-10-17-4-5-18(11-19)32(17)7-8-34/h3,6,9,17-19,34H,4-5,7-8,10-13H2,1-2H3. The van der Waals surface area contributed by atoms with Crippen LogP contribution in [-0.4, -0.2) is 66.8 Å². The molecule has 0 radical (unpaired) electrons. The molecule has 3 aromatic rings. The number of amides is 1. The van der Waals surface area contributed by atoms with Crippen molar-refractivity contribution >= 4 is 23.2 Å². The van der Waals surface area contributed by atoms with E-state index in [2.05, 4.69) is 15.0 Å². The lowest BCUT2D eigenvalue weighted by Gasteiger charge is -2.38. The Kier molecular flexibility index (Phi) is 5.89. The minimum absolute atomic E-state index is 0.0920. The summed E-state index contributed by atoms with van der Waals surface area (Å²) in [6.07, 6.45) is 3.67. The molecule has 0 spiro atoms. The van der Waals surface area contributed by atoms with Crippen molar-refractivity contribution in [1.29, 1.82) is 0 Å². The predicted molar refractivity (Wildman–Crippen MR) is 132 cm³/mol. The molecule has 1 aromatic carbocycles. The topological polar surface area (TPSA) is 83.2 Å². The van der Waals surface area contributed by atoms with E-state index in [0.717, 1.165) is 48.3 Å². The van der Waals surface area contributed by atoms with Gasteiger partial charge in [-0.15, -0.1) is 0 Å². The molecule has 2 saturated heterocycles. The van der Waals surface area contributed by atoms with Crippen molar-refractivity contribution in [1.82, 2.24) is 24.4 Å². The maximum Gasteiger partial charge on any atom is 0.258 e. The molecule has 2 fully saturated rings. The fourth-order valence-corrected chi connectivity index (χ4v) is 6.30. The number of carbonyl (C=O) groups excluding carboxylic acids is 1. The van der Waals surface area contributed by atoms with Gasteiger partial charge < -0.3 is 14.7 Å². The molecular weight excluding hydrogens is 485 g/mol. The smallest absolute Gasteiger partial charge is 0.258 e. The molecule has 190 valence electrons. The SMILES string of the molecule is Cc1nc2c3c(nn2c(C)c1Cl)CN(C(=O)c1ccc(F)cc1OC1CC2CCC(C1)N2CCO)C3. The van der Waals surface area contributed by atoms with Crippen molar-refractivity contribution in [3.63, 3.8) is 0 Å². The second-order valence-electron chi connectivity index (χ2n) is 10.1. The Balaban J connectivity index is 1.23. The van der Waals surface area contributed by atoms with Crippen LogP contribution in [0.2, 0.25) is 5.02 Å². The summed E-state index contributed by atoms with van der Waals surface area (Å²) < 4.78 is 22.3. The average Bonchev–Trinajstić information content (AvgIpc) is 3.48. The largest absolute Gasteiger partial charge is 0.489 e. The van der Waals surface area contributed by atoms with Gasteiger partial charge in [0.05, 0.1) is 47.4 Å².